The standard InChI is InChI=1S/CHO.Co.Fe.S/c1-2;;;/h1H;;;/q-1;;;. The van der Waals surface area contributed by atoms with Crippen molar-refractivity contribution in [1.29, 1.82) is 0 Å². The molecule has 0 heterocycles. The van der Waals surface area contributed by atoms with Crippen LogP contribution in [0.5, 0.6) is 0 Å². The molecule has 0 radical (unpaired) electrons. The van der Waals surface area contributed by atoms with Crippen LogP contribution < -0.4 is 0 Å². The molecule has 0 atom stereocenters. The molecule has 0 aromatic rings. The first-order chi connectivity index (χ1) is 2.00. The summed E-state index contributed by atoms with van der Waals surface area (Å²) in [6, 6.07) is 0. The zero-order chi connectivity index (χ0) is 4.00. The Labute approximate surface area is 53.5 Å². The molecule has 0 saturated heterocycles. The monoisotopic (exact) mass is 176 g/mol. The molecule has 1 nitrogen and oxygen atoms in total. The van der Waals surface area contributed by atoms with Crippen LogP contribution in [0.25, 0.3) is 0 Å². The summed E-state index contributed by atoms with van der Waals surface area (Å²) in [5.41, 5.74) is 0. The Morgan fingerprint density at radius 3 is 1.40 bits per heavy atom. The molecule has 35 valence electrons. The Balaban J connectivity index is -0.0000000133. The first-order valence-corrected chi connectivity index (χ1v) is 1.92. The van der Waals surface area contributed by atoms with Gasteiger partial charge in [0, 0.05) is 17.1 Å². The van der Waals surface area contributed by atoms with E-state index in [4.69, 9.17) is 4.79 Å². The van der Waals surface area contributed by atoms with Gasteiger partial charge in [0.15, 0.2) is 0 Å². The molecular weight excluding hydrogens is 175 g/mol. The van der Waals surface area contributed by atoms with E-state index in [1.807, 2.05) is 0 Å². The predicted molar refractivity (Wildman–Crippen MR) is 14.3 cm³/mol. The number of hydrogen-bond donors (Lipinski definition) is 0. The summed E-state index contributed by atoms with van der Waals surface area (Å²) < 4.78 is 0. The van der Waals surface area contributed by atoms with Gasteiger partial charge in [-0.15, -0.1) is 0 Å². The van der Waals surface area contributed by atoms with Gasteiger partial charge in [-0.1, -0.05) is 0 Å². The van der Waals surface area contributed by atoms with E-state index in [-0.39, 0.29) is 17.1 Å². The third-order valence-electron chi connectivity index (χ3n) is 0. The summed E-state index contributed by atoms with van der Waals surface area (Å²) in [5.74, 6) is 0. The van der Waals surface area contributed by atoms with Gasteiger partial charge in [-0.25, -0.2) is 0 Å². The molecule has 0 N–H and O–H groups in total. The van der Waals surface area contributed by atoms with Crippen molar-refractivity contribution in [3.63, 3.8) is 0 Å². The van der Waals surface area contributed by atoms with Crippen LogP contribution >= 0.6 is 10.6 Å². The van der Waals surface area contributed by atoms with Crippen molar-refractivity contribution < 1.29 is 36.0 Å². The molecule has 0 unspecified atom stereocenters. The molecule has 4 heteroatoms. The van der Waals surface area contributed by atoms with E-state index in [0.29, 0.717) is 0 Å². The molecule has 0 fully saturated rings. The van der Waals surface area contributed by atoms with Crippen LogP contribution in [0.2, 0.25) is 0 Å². The van der Waals surface area contributed by atoms with Crippen molar-refractivity contribution in [3.8, 4) is 0 Å². The van der Waals surface area contributed by atoms with Gasteiger partial charge in [-0.3, -0.25) is 6.79 Å². The first-order valence-electron chi connectivity index (χ1n) is 0.372. The van der Waals surface area contributed by atoms with Gasteiger partial charge in [-0.2, -0.15) is 0 Å². The van der Waals surface area contributed by atoms with Gasteiger partial charge in [0.25, 0.3) is 0 Å². The van der Waals surface area contributed by atoms with Crippen molar-refractivity contribution in [2.45, 2.75) is 0 Å². The molecule has 0 aliphatic carbocycles. The second kappa shape index (κ2) is 89.9. The van der Waals surface area contributed by atoms with E-state index in [0.717, 1.165) is 0 Å². The summed E-state index contributed by atoms with van der Waals surface area (Å²) in [5, 5.41) is 0. The molecule has 0 aliphatic heterocycles. The second-order valence-corrected chi connectivity index (χ2v) is 0. The molecule has 0 aromatic carbocycles. The number of rotatable bonds is 0. The van der Waals surface area contributed by atoms with Crippen LogP contribution in [0.15, 0.2) is 0 Å². The Morgan fingerprint density at radius 2 is 1.40 bits per heavy atom. The Kier molecular flexibility index (Phi) is 302. The number of hydrogen-bond acceptors (Lipinski definition) is 2. The zero-order valence-electron chi connectivity index (χ0n) is 2.08. The van der Waals surface area contributed by atoms with Gasteiger partial charge in [0.05, 0.1) is 0 Å². The Hall–Kier alpha value is 0.916. The number of carbonyl (C=O) groups excluding carboxylic acids is 1. The van der Waals surface area contributed by atoms with Crippen LogP contribution in [0.1, 0.15) is 0 Å². The van der Waals surface area contributed by atoms with Crippen LogP contribution in [0, 0.1) is 0 Å². The molecule has 0 amide bonds. The van der Waals surface area contributed by atoms with Crippen molar-refractivity contribution >= 4 is 17.4 Å². The van der Waals surface area contributed by atoms with Crippen molar-refractivity contribution in [2.75, 3.05) is 0 Å². The Morgan fingerprint density at radius 1 is 1.40 bits per heavy atom. The fraction of sp³-hybridized carbons (Fsp3) is 0. The average molecular weight is 176 g/mol. The average Bonchev–Trinajstić information content (AvgIpc) is 1.50. The van der Waals surface area contributed by atoms with Crippen molar-refractivity contribution in [3.05, 3.63) is 0 Å². The Bertz CT molecular complexity index is 13.6. The SMILES string of the molecule is [CH-]=O.[Fe].[S]=[Co]. The maximum absolute atomic E-state index is 7.75. The zero-order valence-corrected chi connectivity index (χ0v) is 5.04. The molecular formula is CHCoFeOS-. The third kappa shape index (κ3) is 49.8. The van der Waals surface area contributed by atoms with Gasteiger partial charge in [0.1, 0.15) is 0 Å². The fourth-order valence-corrected chi connectivity index (χ4v) is 0. The van der Waals surface area contributed by atoms with E-state index < -0.39 is 0 Å². The van der Waals surface area contributed by atoms with Gasteiger partial charge in [0.2, 0.25) is 0 Å². The molecule has 0 rings (SSSR count). The van der Waals surface area contributed by atoms with Gasteiger partial charge < -0.3 is 4.79 Å². The summed E-state index contributed by atoms with van der Waals surface area (Å²) in [7, 11) is 3.77. The predicted octanol–water partition coefficient (Wildman–Crippen LogP) is 0.369. The fourth-order valence-electron chi connectivity index (χ4n) is 0. The van der Waals surface area contributed by atoms with E-state index in [1.54, 1.807) is 0 Å². The molecule has 0 aromatic heterocycles. The maximum atomic E-state index is 7.75. The summed E-state index contributed by atoms with van der Waals surface area (Å²) in [6.07, 6.45) is 0. The van der Waals surface area contributed by atoms with Crippen LogP contribution in [0.3, 0.4) is 0 Å². The quantitative estimate of drug-likeness (QED) is 0.301. The topological polar surface area (TPSA) is 17.1 Å². The molecule has 5 heavy (non-hydrogen) atoms. The van der Waals surface area contributed by atoms with Crippen LogP contribution in [-0.2, 0) is 36.0 Å². The van der Waals surface area contributed by atoms with E-state index in [9.17, 15) is 0 Å². The van der Waals surface area contributed by atoms with Crippen molar-refractivity contribution in [1.82, 2.24) is 0 Å². The summed E-state index contributed by atoms with van der Waals surface area (Å²) in [6.45, 7) is 3.25. The minimum absolute atomic E-state index is 0. The minimum atomic E-state index is 0. The summed E-state index contributed by atoms with van der Waals surface area (Å²) >= 11 is 3.15. The summed E-state index contributed by atoms with van der Waals surface area (Å²) in [4.78, 5) is 7.75. The first kappa shape index (κ1) is 16.8. The third-order valence-corrected chi connectivity index (χ3v) is 0. The molecule has 0 saturated carbocycles. The van der Waals surface area contributed by atoms with Crippen LogP contribution in [-0.4, -0.2) is 6.79 Å². The van der Waals surface area contributed by atoms with Gasteiger partial charge in [-0.05, 0) is 0 Å². The molecule has 0 bridgehead atoms. The molecule has 0 spiro atoms. The van der Waals surface area contributed by atoms with E-state index >= 15 is 0 Å². The van der Waals surface area contributed by atoms with E-state index in [1.165, 1.54) is 0 Å². The van der Waals surface area contributed by atoms with Crippen molar-refractivity contribution in [2.24, 2.45) is 0 Å². The van der Waals surface area contributed by atoms with Crippen LogP contribution in [0.4, 0.5) is 0 Å². The van der Waals surface area contributed by atoms with Gasteiger partial charge >= 0.3 is 24.7 Å². The normalized spacial score (nSPS) is 1.80. The second-order valence-electron chi connectivity index (χ2n) is 0. The van der Waals surface area contributed by atoms with E-state index in [2.05, 4.69) is 31.5 Å². The molecule has 0 aliphatic rings.